The molecule has 4 unspecified atom stereocenters. The molecule has 5 nitrogen and oxygen atoms in total. The van der Waals surface area contributed by atoms with Gasteiger partial charge in [0.05, 0.1) is 11.4 Å². The Morgan fingerprint density at radius 1 is 1.11 bits per heavy atom. The van der Waals surface area contributed by atoms with Gasteiger partial charge in [-0.3, -0.25) is 9.78 Å². The third-order valence-corrected chi connectivity index (χ3v) is 8.63. The largest absolute Gasteiger partial charge is 0.420 e. The number of amides is 1. The fraction of sp³-hybridized carbons (Fsp3) is 0.400. The molecule has 1 fully saturated rings. The van der Waals surface area contributed by atoms with Crippen LogP contribution in [0.15, 0.2) is 66.9 Å². The lowest BCUT2D eigenvalue weighted by molar-refractivity contribution is -0.338. The van der Waals surface area contributed by atoms with E-state index < -0.39 is 35.1 Å². The molecule has 1 amide bonds. The van der Waals surface area contributed by atoms with Gasteiger partial charge in [0.15, 0.2) is 5.60 Å². The number of nitrogens with one attached hydrogen (secondary N) is 1. The molecule has 5 rings (SSSR count). The van der Waals surface area contributed by atoms with Crippen molar-refractivity contribution in [3.05, 3.63) is 94.8 Å². The average molecular weight is 525 g/mol. The number of aliphatic hydroxyl groups is 2. The standard InChI is InChI=1S/C30H31F3N2O3/c1-19-25(9-6-14-34-19)35-26(36)22-11-13-24-21(15-22)10-12-23-17-29(38,30(31,32)33)27(2,37)18-28(23,24)16-20-7-4-3-5-8-20/h3-9,11,13-15,23,37-38H,10,12,16-18H2,1-2H3,(H,35,36). The fourth-order valence-corrected chi connectivity index (χ4v) is 6.62. The lowest BCUT2D eigenvalue weighted by Crippen LogP contribution is -2.69. The lowest BCUT2D eigenvalue weighted by atomic mass is 9.49. The number of anilines is 1. The molecule has 4 atom stereocenters. The summed E-state index contributed by atoms with van der Waals surface area (Å²) in [7, 11) is 0. The van der Waals surface area contributed by atoms with Crippen molar-refractivity contribution in [1.82, 2.24) is 4.98 Å². The summed E-state index contributed by atoms with van der Waals surface area (Å²) in [6, 6.07) is 18.3. The SMILES string of the molecule is Cc1ncccc1NC(=O)c1ccc2c(c1)CCC1CC(O)(C(F)(F)F)C(C)(O)CC21Cc1ccccc1. The first-order valence-corrected chi connectivity index (χ1v) is 12.8. The molecular weight excluding hydrogens is 493 g/mol. The van der Waals surface area contributed by atoms with E-state index in [0.717, 1.165) is 23.6 Å². The summed E-state index contributed by atoms with van der Waals surface area (Å²) in [5, 5.41) is 25.0. The zero-order valence-corrected chi connectivity index (χ0v) is 21.3. The van der Waals surface area contributed by atoms with Gasteiger partial charge in [-0.05, 0) is 92.8 Å². The van der Waals surface area contributed by atoms with Gasteiger partial charge in [-0.15, -0.1) is 0 Å². The van der Waals surface area contributed by atoms with Crippen LogP contribution in [0.3, 0.4) is 0 Å². The highest BCUT2D eigenvalue weighted by atomic mass is 19.4. The van der Waals surface area contributed by atoms with Gasteiger partial charge >= 0.3 is 6.18 Å². The monoisotopic (exact) mass is 524 g/mol. The second kappa shape index (κ2) is 9.20. The first kappa shape index (κ1) is 26.4. The van der Waals surface area contributed by atoms with Crippen LogP contribution >= 0.6 is 0 Å². The molecule has 8 heteroatoms. The summed E-state index contributed by atoms with van der Waals surface area (Å²) in [6.07, 6.45) is -2.88. The minimum Gasteiger partial charge on any atom is -0.387 e. The second-order valence-corrected chi connectivity index (χ2v) is 11.0. The van der Waals surface area contributed by atoms with E-state index in [4.69, 9.17) is 0 Å². The molecule has 0 bridgehead atoms. The maximum Gasteiger partial charge on any atom is 0.420 e. The van der Waals surface area contributed by atoms with Crippen molar-refractivity contribution in [1.29, 1.82) is 0 Å². The molecule has 3 aromatic rings. The molecule has 3 N–H and O–H groups in total. The van der Waals surface area contributed by atoms with Crippen LogP contribution in [0.5, 0.6) is 0 Å². The molecule has 0 aliphatic heterocycles. The number of fused-ring (bicyclic) bond motifs is 3. The lowest BCUT2D eigenvalue weighted by Gasteiger charge is -2.59. The third kappa shape index (κ3) is 4.29. The number of rotatable bonds is 4. The van der Waals surface area contributed by atoms with Crippen LogP contribution in [0, 0.1) is 12.8 Å². The number of alkyl halides is 3. The zero-order chi connectivity index (χ0) is 27.3. The third-order valence-electron chi connectivity index (χ3n) is 8.63. The van der Waals surface area contributed by atoms with Crippen LogP contribution in [-0.2, 0) is 18.3 Å². The molecule has 1 saturated carbocycles. The van der Waals surface area contributed by atoms with Gasteiger partial charge in [0.25, 0.3) is 5.91 Å². The van der Waals surface area contributed by atoms with Crippen molar-refractivity contribution in [2.24, 2.45) is 5.92 Å². The summed E-state index contributed by atoms with van der Waals surface area (Å²) >= 11 is 0. The van der Waals surface area contributed by atoms with Crippen LogP contribution in [0.4, 0.5) is 18.9 Å². The van der Waals surface area contributed by atoms with Crippen LogP contribution < -0.4 is 5.32 Å². The molecule has 0 saturated heterocycles. The number of halogens is 3. The summed E-state index contributed by atoms with van der Waals surface area (Å²) in [5.41, 5.74) is -2.08. The Bertz CT molecular complexity index is 1360. The second-order valence-electron chi connectivity index (χ2n) is 11.0. The van der Waals surface area contributed by atoms with Gasteiger partial charge in [-0.1, -0.05) is 36.4 Å². The van der Waals surface area contributed by atoms with E-state index in [1.165, 1.54) is 0 Å². The Hall–Kier alpha value is -3.23. The van der Waals surface area contributed by atoms with Gasteiger partial charge < -0.3 is 15.5 Å². The number of pyridine rings is 1. The minimum atomic E-state index is -4.97. The Morgan fingerprint density at radius 2 is 1.84 bits per heavy atom. The van der Waals surface area contributed by atoms with Crippen molar-refractivity contribution >= 4 is 11.6 Å². The molecule has 0 radical (unpaired) electrons. The maximum atomic E-state index is 14.1. The molecule has 38 heavy (non-hydrogen) atoms. The molecule has 0 spiro atoms. The molecule has 1 aromatic heterocycles. The smallest absolute Gasteiger partial charge is 0.387 e. The maximum absolute atomic E-state index is 14.1. The van der Waals surface area contributed by atoms with E-state index in [-0.39, 0.29) is 12.3 Å². The van der Waals surface area contributed by atoms with E-state index in [2.05, 4.69) is 10.3 Å². The van der Waals surface area contributed by atoms with Crippen molar-refractivity contribution in [3.63, 3.8) is 0 Å². The zero-order valence-electron chi connectivity index (χ0n) is 21.3. The average Bonchev–Trinajstić information content (AvgIpc) is 2.86. The number of aromatic nitrogens is 1. The number of aryl methyl sites for hydroxylation is 2. The highest BCUT2D eigenvalue weighted by Gasteiger charge is 2.70. The van der Waals surface area contributed by atoms with Gasteiger partial charge in [-0.25, -0.2) is 0 Å². The topological polar surface area (TPSA) is 82.5 Å². The van der Waals surface area contributed by atoms with Crippen molar-refractivity contribution in [2.45, 2.75) is 68.7 Å². The van der Waals surface area contributed by atoms with Gasteiger partial charge in [-0.2, -0.15) is 13.2 Å². The number of carbonyl (C=O) groups is 1. The fourth-order valence-electron chi connectivity index (χ4n) is 6.62. The predicted molar refractivity (Wildman–Crippen MR) is 138 cm³/mol. The molecule has 1 heterocycles. The van der Waals surface area contributed by atoms with Crippen molar-refractivity contribution in [2.75, 3.05) is 5.32 Å². The molecule has 2 aliphatic rings. The minimum absolute atomic E-state index is 0.261. The van der Waals surface area contributed by atoms with Gasteiger partial charge in [0.2, 0.25) is 0 Å². The normalized spacial score (nSPS) is 28.8. The van der Waals surface area contributed by atoms with Crippen LogP contribution in [0.2, 0.25) is 0 Å². The Labute approximate surface area is 219 Å². The van der Waals surface area contributed by atoms with E-state index >= 15 is 0 Å². The molecule has 200 valence electrons. The first-order chi connectivity index (χ1) is 17.9. The Balaban J connectivity index is 1.57. The number of benzene rings is 2. The van der Waals surface area contributed by atoms with Crippen LogP contribution in [0.1, 0.15) is 58.9 Å². The molecule has 2 aliphatic carbocycles. The Kier molecular flexibility index (Phi) is 6.39. The van der Waals surface area contributed by atoms with Gasteiger partial charge in [0, 0.05) is 17.2 Å². The summed E-state index contributed by atoms with van der Waals surface area (Å²) in [4.78, 5) is 17.3. The number of hydrogen-bond donors (Lipinski definition) is 3. The quantitative estimate of drug-likeness (QED) is 0.420. The molecular formula is C30H31F3N2O3. The highest BCUT2D eigenvalue weighted by Crippen LogP contribution is 2.60. The first-order valence-electron chi connectivity index (χ1n) is 12.8. The molecule has 2 aromatic carbocycles. The summed E-state index contributed by atoms with van der Waals surface area (Å²) in [5.74, 6) is -0.815. The predicted octanol–water partition coefficient (Wildman–Crippen LogP) is 5.52. The van der Waals surface area contributed by atoms with Crippen molar-refractivity contribution < 1.29 is 28.2 Å². The van der Waals surface area contributed by atoms with E-state index in [1.807, 2.05) is 36.4 Å². The van der Waals surface area contributed by atoms with E-state index in [1.54, 1.807) is 37.4 Å². The number of hydrogen-bond acceptors (Lipinski definition) is 4. The number of carbonyl (C=O) groups excluding carboxylic acids is 1. The van der Waals surface area contributed by atoms with Crippen LogP contribution in [-0.4, -0.2) is 38.5 Å². The summed E-state index contributed by atoms with van der Waals surface area (Å²) < 4.78 is 42.4. The number of nitrogens with zero attached hydrogens (tertiary/aromatic N) is 1. The Morgan fingerprint density at radius 3 is 2.53 bits per heavy atom. The van der Waals surface area contributed by atoms with E-state index in [0.29, 0.717) is 36.2 Å². The van der Waals surface area contributed by atoms with Crippen LogP contribution in [0.25, 0.3) is 0 Å². The van der Waals surface area contributed by atoms with Gasteiger partial charge in [0.1, 0.15) is 5.60 Å². The van der Waals surface area contributed by atoms with Crippen molar-refractivity contribution in [3.8, 4) is 0 Å². The highest BCUT2D eigenvalue weighted by molar-refractivity contribution is 6.04. The van der Waals surface area contributed by atoms with E-state index in [9.17, 15) is 28.2 Å². The summed E-state index contributed by atoms with van der Waals surface area (Å²) in [6.45, 7) is 2.89.